The van der Waals surface area contributed by atoms with E-state index in [1.54, 1.807) is 13.8 Å². The fourth-order valence-corrected chi connectivity index (χ4v) is 3.62. The predicted octanol–water partition coefficient (Wildman–Crippen LogP) is 2.71. The van der Waals surface area contributed by atoms with Crippen molar-refractivity contribution in [2.24, 2.45) is 11.8 Å². The van der Waals surface area contributed by atoms with Crippen molar-refractivity contribution in [3.8, 4) is 0 Å². The predicted molar refractivity (Wildman–Crippen MR) is 100 cm³/mol. The number of nitrogens with zero attached hydrogens (tertiary/aromatic N) is 1. The smallest absolute Gasteiger partial charge is 0.223 e. The molecule has 2 N–H and O–H groups in total. The van der Waals surface area contributed by atoms with E-state index in [0.717, 1.165) is 12.0 Å². The minimum Gasteiger partial charge on any atom is -0.393 e. The summed E-state index contributed by atoms with van der Waals surface area (Å²) in [6, 6.07) is 10.1. The third kappa shape index (κ3) is 5.39. The molecule has 5 atom stereocenters. The molecule has 5 nitrogen and oxygen atoms in total. The molecule has 5 heteroatoms. The molecule has 1 saturated carbocycles. The molecule has 1 aliphatic heterocycles. The molecule has 1 aromatic rings. The highest BCUT2D eigenvalue weighted by Crippen LogP contribution is 2.29. The molecule has 1 amide bonds. The fourth-order valence-electron chi connectivity index (χ4n) is 3.62. The first-order valence-electron chi connectivity index (χ1n) is 9.51. The molecule has 0 spiro atoms. The van der Waals surface area contributed by atoms with Gasteiger partial charge in [-0.25, -0.2) is 0 Å². The fraction of sp³-hybridized carbons (Fsp3) is 0.619. The van der Waals surface area contributed by atoms with Crippen LogP contribution < -0.4 is 0 Å². The van der Waals surface area contributed by atoms with E-state index >= 15 is 0 Å². The monoisotopic (exact) mass is 361 g/mol. The van der Waals surface area contributed by atoms with Crippen LogP contribution in [0.25, 0.3) is 0 Å². The molecule has 1 aromatic carbocycles. The summed E-state index contributed by atoms with van der Waals surface area (Å²) >= 11 is 0. The van der Waals surface area contributed by atoms with E-state index in [4.69, 9.17) is 5.11 Å². The van der Waals surface area contributed by atoms with Gasteiger partial charge in [-0.1, -0.05) is 30.3 Å². The SMILES string of the molecule is C[C@@H](O)[C@H]1CCC(=O)C1.C[C@H](c1ccccc1)N1C[C@H]([C@@H](C)O)CC1=O. The van der Waals surface area contributed by atoms with Gasteiger partial charge >= 0.3 is 0 Å². The molecule has 144 valence electrons. The van der Waals surface area contributed by atoms with Gasteiger partial charge in [0.15, 0.2) is 0 Å². The summed E-state index contributed by atoms with van der Waals surface area (Å²) in [6.45, 7) is 6.21. The van der Waals surface area contributed by atoms with Gasteiger partial charge in [-0.05, 0) is 38.7 Å². The molecule has 0 radical (unpaired) electrons. The zero-order valence-corrected chi connectivity index (χ0v) is 16.0. The summed E-state index contributed by atoms with van der Waals surface area (Å²) in [5.41, 5.74) is 1.15. The Morgan fingerprint density at radius 1 is 0.962 bits per heavy atom. The summed E-state index contributed by atoms with van der Waals surface area (Å²) in [7, 11) is 0. The van der Waals surface area contributed by atoms with Gasteiger partial charge in [0, 0.05) is 31.7 Å². The molecular formula is C21H31NO4. The molecule has 1 heterocycles. The van der Waals surface area contributed by atoms with Crippen LogP contribution in [0.3, 0.4) is 0 Å². The van der Waals surface area contributed by atoms with Crippen molar-refractivity contribution in [3.05, 3.63) is 35.9 Å². The molecule has 0 aromatic heterocycles. The molecule has 26 heavy (non-hydrogen) atoms. The first kappa shape index (κ1) is 20.6. The number of amides is 1. The maximum atomic E-state index is 11.9. The summed E-state index contributed by atoms with van der Waals surface area (Å²) in [5, 5.41) is 18.6. The number of aliphatic hydroxyl groups is 2. The lowest BCUT2D eigenvalue weighted by molar-refractivity contribution is -0.129. The second-order valence-corrected chi connectivity index (χ2v) is 7.62. The molecule has 0 unspecified atom stereocenters. The van der Waals surface area contributed by atoms with Crippen LogP contribution in [-0.2, 0) is 9.59 Å². The lowest BCUT2D eigenvalue weighted by atomic mass is 10.0. The lowest BCUT2D eigenvalue weighted by Crippen LogP contribution is -2.29. The minimum absolute atomic E-state index is 0.0775. The topological polar surface area (TPSA) is 77.8 Å². The maximum Gasteiger partial charge on any atom is 0.223 e. The Balaban J connectivity index is 0.000000228. The average Bonchev–Trinajstić information content (AvgIpc) is 3.22. The van der Waals surface area contributed by atoms with Crippen molar-refractivity contribution in [1.29, 1.82) is 0 Å². The maximum absolute atomic E-state index is 11.9. The van der Waals surface area contributed by atoms with Gasteiger partial charge in [-0.15, -0.1) is 0 Å². The van der Waals surface area contributed by atoms with Crippen LogP contribution in [0.5, 0.6) is 0 Å². The van der Waals surface area contributed by atoms with Crippen LogP contribution in [-0.4, -0.2) is 45.6 Å². The number of hydrogen-bond donors (Lipinski definition) is 2. The van der Waals surface area contributed by atoms with Crippen LogP contribution in [0.2, 0.25) is 0 Å². The highest BCUT2D eigenvalue weighted by molar-refractivity contribution is 5.80. The Bertz CT molecular complexity index is 599. The zero-order chi connectivity index (χ0) is 19.3. The molecule has 0 bridgehead atoms. The Morgan fingerprint density at radius 3 is 2.00 bits per heavy atom. The average molecular weight is 361 g/mol. The number of aliphatic hydroxyl groups excluding tert-OH is 2. The molecule has 2 fully saturated rings. The number of rotatable bonds is 4. The third-order valence-corrected chi connectivity index (χ3v) is 5.59. The molecule has 1 saturated heterocycles. The van der Waals surface area contributed by atoms with Gasteiger partial charge in [-0.3, -0.25) is 9.59 Å². The van der Waals surface area contributed by atoms with Gasteiger partial charge in [-0.2, -0.15) is 0 Å². The molecule has 3 rings (SSSR count). The zero-order valence-electron chi connectivity index (χ0n) is 16.0. The largest absolute Gasteiger partial charge is 0.393 e. The highest BCUT2D eigenvalue weighted by atomic mass is 16.3. The van der Waals surface area contributed by atoms with E-state index in [2.05, 4.69) is 0 Å². The second kappa shape index (κ2) is 9.28. The van der Waals surface area contributed by atoms with Crippen LogP contribution in [0.4, 0.5) is 0 Å². The summed E-state index contributed by atoms with van der Waals surface area (Å²) in [4.78, 5) is 24.4. The van der Waals surface area contributed by atoms with Gasteiger partial charge in [0.1, 0.15) is 5.78 Å². The van der Waals surface area contributed by atoms with Crippen LogP contribution in [0, 0.1) is 11.8 Å². The molecule has 2 aliphatic rings. The summed E-state index contributed by atoms with van der Waals surface area (Å²) < 4.78 is 0. The first-order chi connectivity index (χ1) is 12.3. The van der Waals surface area contributed by atoms with Gasteiger partial charge < -0.3 is 15.1 Å². The normalized spacial score (nSPS) is 26.3. The lowest BCUT2D eigenvalue weighted by Gasteiger charge is -2.25. The Morgan fingerprint density at radius 2 is 1.58 bits per heavy atom. The van der Waals surface area contributed by atoms with Gasteiger partial charge in [0.05, 0.1) is 18.2 Å². The Labute approximate surface area is 156 Å². The molecular weight excluding hydrogens is 330 g/mol. The number of carbonyl (C=O) groups excluding carboxylic acids is 2. The van der Waals surface area contributed by atoms with E-state index in [-0.39, 0.29) is 29.9 Å². The Kier molecular flexibility index (Phi) is 7.35. The third-order valence-electron chi connectivity index (χ3n) is 5.59. The van der Waals surface area contributed by atoms with Crippen LogP contribution >= 0.6 is 0 Å². The van der Waals surface area contributed by atoms with Crippen molar-refractivity contribution in [2.45, 2.75) is 64.7 Å². The second-order valence-electron chi connectivity index (χ2n) is 7.62. The first-order valence-corrected chi connectivity index (χ1v) is 9.51. The standard InChI is InChI=1S/C14H19NO2.C7H12O2/c1-10(12-6-4-3-5-7-12)15-9-13(11(2)16)8-14(15)17;1-5(8)6-2-3-7(9)4-6/h3-7,10-11,13,16H,8-9H2,1-2H3;5-6,8H,2-4H2,1H3/t10-,11-,13-;5-,6+/m11/s1. The van der Waals surface area contributed by atoms with E-state index < -0.39 is 6.10 Å². The van der Waals surface area contributed by atoms with Crippen molar-refractivity contribution < 1.29 is 19.8 Å². The minimum atomic E-state index is -0.410. The summed E-state index contributed by atoms with van der Waals surface area (Å²) in [5.74, 6) is 0.777. The van der Waals surface area contributed by atoms with Crippen molar-refractivity contribution in [1.82, 2.24) is 4.90 Å². The number of benzene rings is 1. The van der Waals surface area contributed by atoms with E-state index in [9.17, 15) is 14.7 Å². The molecule has 1 aliphatic carbocycles. The van der Waals surface area contributed by atoms with E-state index in [1.165, 1.54) is 0 Å². The summed E-state index contributed by atoms with van der Waals surface area (Å²) in [6.07, 6.45) is 1.92. The quantitative estimate of drug-likeness (QED) is 0.864. The van der Waals surface area contributed by atoms with Crippen molar-refractivity contribution in [2.75, 3.05) is 6.54 Å². The van der Waals surface area contributed by atoms with E-state index in [0.29, 0.717) is 31.6 Å². The van der Waals surface area contributed by atoms with Gasteiger partial charge in [0.2, 0.25) is 5.91 Å². The van der Waals surface area contributed by atoms with Crippen molar-refractivity contribution >= 4 is 11.7 Å². The van der Waals surface area contributed by atoms with Crippen LogP contribution in [0.15, 0.2) is 30.3 Å². The number of ketones is 1. The van der Waals surface area contributed by atoms with Gasteiger partial charge in [0.25, 0.3) is 0 Å². The number of carbonyl (C=O) groups is 2. The van der Waals surface area contributed by atoms with Crippen molar-refractivity contribution in [3.63, 3.8) is 0 Å². The number of likely N-dealkylation sites (tertiary alicyclic amines) is 1. The van der Waals surface area contributed by atoms with E-state index in [1.807, 2.05) is 42.2 Å². The number of Topliss-reactive ketones (excluding diaryl/α,β-unsaturated/α-hetero) is 1. The number of hydrogen-bond acceptors (Lipinski definition) is 4. The highest BCUT2D eigenvalue weighted by Gasteiger charge is 2.35. The Hall–Kier alpha value is -1.72. The van der Waals surface area contributed by atoms with Crippen LogP contribution in [0.1, 0.15) is 58.1 Å².